The van der Waals surface area contributed by atoms with E-state index in [4.69, 9.17) is 0 Å². The monoisotopic (exact) mass is 256 g/mol. The van der Waals surface area contributed by atoms with Crippen LogP contribution in [0.1, 0.15) is 26.2 Å². The van der Waals surface area contributed by atoms with Crippen LogP contribution in [0.4, 0.5) is 0 Å². The van der Waals surface area contributed by atoms with Gasteiger partial charge in [-0.15, -0.1) is 0 Å². The van der Waals surface area contributed by atoms with E-state index in [0.717, 1.165) is 19.3 Å². The van der Waals surface area contributed by atoms with Crippen LogP contribution in [0.15, 0.2) is 0 Å². The number of hydrogen-bond donors (Lipinski definition) is 0. The van der Waals surface area contributed by atoms with Gasteiger partial charge in [-0.25, -0.2) is 8.42 Å². The number of nitriles is 1. The summed E-state index contributed by atoms with van der Waals surface area (Å²) in [6, 6.07) is 2.68. The zero-order valence-corrected chi connectivity index (χ0v) is 11.1. The van der Waals surface area contributed by atoms with Gasteiger partial charge in [-0.3, -0.25) is 4.90 Å². The van der Waals surface area contributed by atoms with Gasteiger partial charge in [-0.05, 0) is 25.2 Å². The van der Waals surface area contributed by atoms with Crippen molar-refractivity contribution in [2.75, 3.05) is 24.6 Å². The van der Waals surface area contributed by atoms with Crippen LogP contribution in [0.5, 0.6) is 0 Å². The summed E-state index contributed by atoms with van der Waals surface area (Å²) in [4.78, 5) is 2.23. The molecule has 0 N–H and O–H groups in total. The molecule has 4 nitrogen and oxygen atoms in total. The van der Waals surface area contributed by atoms with Crippen molar-refractivity contribution in [2.24, 2.45) is 11.8 Å². The van der Waals surface area contributed by atoms with Gasteiger partial charge in [0.05, 0.1) is 23.5 Å². The Kier molecular flexibility index (Phi) is 3.74. The topological polar surface area (TPSA) is 61.2 Å². The Bertz CT molecular complexity index is 399. The molecule has 0 aromatic heterocycles. The molecule has 3 atom stereocenters. The molecule has 3 unspecified atom stereocenters. The van der Waals surface area contributed by atoms with E-state index >= 15 is 0 Å². The fourth-order valence-electron chi connectivity index (χ4n) is 2.96. The van der Waals surface area contributed by atoms with Crippen molar-refractivity contribution >= 4 is 9.84 Å². The average molecular weight is 256 g/mol. The lowest BCUT2D eigenvalue weighted by atomic mass is 9.79. The van der Waals surface area contributed by atoms with E-state index in [2.05, 4.69) is 17.9 Å². The van der Waals surface area contributed by atoms with Gasteiger partial charge in [-0.2, -0.15) is 5.26 Å². The molecule has 1 aliphatic heterocycles. The molecular weight excluding hydrogens is 236 g/mol. The Morgan fingerprint density at radius 2 is 1.88 bits per heavy atom. The summed E-state index contributed by atoms with van der Waals surface area (Å²) >= 11 is 0. The van der Waals surface area contributed by atoms with Gasteiger partial charge < -0.3 is 0 Å². The largest absolute Gasteiger partial charge is 0.297 e. The molecule has 0 bridgehead atoms. The molecule has 0 radical (unpaired) electrons. The third kappa shape index (κ3) is 2.99. The van der Waals surface area contributed by atoms with Crippen LogP contribution in [0.25, 0.3) is 0 Å². The SMILES string of the molecule is CC1CCC(C#N)C(N2CCS(=O)(=O)CC2)C1. The maximum absolute atomic E-state index is 11.4. The first kappa shape index (κ1) is 12.8. The molecule has 0 amide bonds. The Hall–Kier alpha value is -0.600. The molecule has 0 aromatic rings. The minimum absolute atomic E-state index is 0.0898. The van der Waals surface area contributed by atoms with Gasteiger partial charge in [-0.1, -0.05) is 6.92 Å². The summed E-state index contributed by atoms with van der Waals surface area (Å²) in [6.07, 6.45) is 3.13. The predicted molar refractivity (Wildman–Crippen MR) is 66.1 cm³/mol. The van der Waals surface area contributed by atoms with Crippen LogP contribution in [0.3, 0.4) is 0 Å². The summed E-state index contributed by atoms with van der Waals surface area (Å²) in [7, 11) is -2.82. The zero-order chi connectivity index (χ0) is 12.5. The molecule has 2 aliphatic rings. The number of nitrogens with zero attached hydrogens (tertiary/aromatic N) is 2. The Labute approximate surface area is 104 Å². The van der Waals surface area contributed by atoms with Gasteiger partial charge >= 0.3 is 0 Å². The first-order valence-corrected chi connectivity index (χ1v) is 8.18. The van der Waals surface area contributed by atoms with Crippen LogP contribution in [-0.4, -0.2) is 44.0 Å². The van der Waals surface area contributed by atoms with E-state index in [1.807, 2.05) is 0 Å². The Morgan fingerprint density at radius 3 is 2.47 bits per heavy atom. The van der Waals surface area contributed by atoms with Crippen molar-refractivity contribution in [2.45, 2.75) is 32.2 Å². The number of sulfone groups is 1. The lowest BCUT2D eigenvalue weighted by molar-refractivity contribution is 0.114. The lowest BCUT2D eigenvalue weighted by Gasteiger charge is -2.41. The maximum atomic E-state index is 11.4. The molecule has 1 aliphatic carbocycles. The molecule has 1 saturated carbocycles. The molecule has 2 fully saturated rings. The first-order chi connectivity index (χ1) is 8.02. The van der Waals surface area contributed by atoms with Crippen molar-refractivity contribution in [3.05, 3.63) is 0 Å². The Balaban J connectivity index is 2.03. The van der Waals surface area contributed by atoms with Gasteiger partial charge in [0.1, 0.15) is 0 Å². The molecule has 96 valence electrons. The highest BCUT2D eigenvalue weighted by molar-refractivity contribution is 7.91. The van der Waals surface area contributed by atoms with Crippen LogP contribution in [0.2, 0.25) is 0 Å². The van der Waals surface area contributed by atoms with Gasteiger partial charge in [0, 0.05) is 19.1 Å². The van der Waals surface area contributed by atoms with Crippen LogP contribution >= 0.6 is 0 Å². The van der Waals surface area contributed by atoms with E-state index in [9.17, 15) is 13.7 Å². The normalized spacial score (nSPS) is 38.5. The molecule has 5 heteroatoms. The highest BCUT2D eigenvalue weighted by Gasteiger charge is 2.35. The van der Waals surface area contributed by atoms with Crippen LogP contribution in [-0.2, 0) is 9.84 Å². The number of rotatable bonds is 1. The fourth-order valence-corrected chi connectivity index (χ4v) is 4.19. The summed E-state index contributed by atoms with van der Waals surface area (Å²) < 4.78 is 22.8. The molecule has 1 heterocycles. The lowest BCUT2D eigenvalue weighted by Crippen LogP contribution is -2.50. The van der Waals surface area contributed by atoms with Gasteiger partial charge in [0.25, 0.3) is 0 Å². The second kappa shape index (κ2) is 4.95. The summed E-state index contributed by atoms with van der Waals surface area (Å²) in [5.74, 6) is 1.27. The van der Waals surface area contributed by atoms with Crippen molar-refractivity contribution in [1.82, 2.24) is 4.90 Å². The van der Waals surface area contributed by atoms with Crippen molar-refractivity contribution < 1.29 is 8.42 Å². The average Bonchev–Trinajstić information content (AvgIpc) is 2.29. The zero-order valence-electron chi connectivity index (χ0n) is 10.3. The van der Waals surface area contributed by atoms with Crippen molar-refractivity contribution in [3.63, 3.8) is 0 Å². The summed E-state index contributed by atoms with van der Waals surface area (Å²) in [5, 5.41) is 9.19. The highest BCUT2D eigenvalue weighted by atomic mass is 32.2. The molecule has 1 saturated heterocycles. The molecule has 2 rings (SSSR count). The summed E-state index contributed by atoms with van der Waals surface area (Å²) in [6.45, 7) is 3.44. The van der Waals surface area contributed by atoms with E-state index in [1.165, 1.54) is 0 Å². The third-order valence-corrected chi connectivity index (χ3v) is 5.70. The predicted octanol–water partition coefficient (Wildman–Crippen LogP) is 1.05. The molecule has 17 heavy (non-hydrogen) atoms. The fraction of sp³-hybridized carbons (Fsp3) is 0.917. The molecule has 0 spiro atoms. The minimum Gasteiger partial charge on any atom is -0.297 e. The van der Waals surface area contributed by atoms with Crippen molar-refractivity contribution in [1.29, 1.82) is 5.26 Å². The third-order valence-electron chi connectivity index (χ3n) is 4.09. The van der Waals surface area contributed by atoms with Crippen molar-refractivity contribution in [3.8, 4) is 6.07 Å². The maximum Gasteiger partial charge on any atom is 0.152 e. The standard InChI is InChI=1S/C12H20N2O2S/c1-10-2-3-11(9-13)12(8-10)14-4-6-17(15,16)7-5-14/h10-12H,2-8H2,1H3. The minimum atomic E-state index is -2.82. The smallest absolute Gasteiger partial charge is 0.152 e. The van der Waals surface area contributed by atoms with Gasteiger partial charge in [0.15, 0.2) is 9.84 Å². The first-order valence-electron chi connectivity index (χ1n) is 6.36. The van der Waals surface area contributed by atoms with Gasteiger partial charge in [0.2, 0.25) is 0 Å². The second-order valence-corrected chi connectivity index (χ2v) is 7.71. The van der Waals surface area contributed by atoms with Crippen LogP contribution < -0.4 is 0 Å². The Morgan fingerprint density at radius 1 is 1.24 bits per heavy atom. The van der Waals surface area contributed by atoms with E-state index in [0.29, 0.717) is 19.0 Å². The molecular formula is C12H20N2O2S. The second-order valence-electron chi connectivity index (χ2n) is 5.41. The quantitative estimate of drug-likeness (QED) is 0.703. The van der Waals surface area contributed by atoms with E-state index < -0.39 is 9.84 Å². The summed E-state index contributed by atoms with van der Waals surface area (Å²) in [5.41, 5.74) is 0. The molecule has 0 aromatic carbocycles. The van der Waals surface area contributed by atoms with Crippen LogP contribution in [0, 0.1) is 23.2 Å². The van der Waals surface area contributed by atoms with E-state index in [1.54, 1.807) is 0 Å². The van der Waals surface area contributed by atoms with E-state index in [-0.39, 0.29) is 23.5 Å². The highest BCUT2D eigenvalue weighted by Crippen LogP contribution is 2.32. The number of hydrogen-bond acceptors (Lipinski definition) is 4.